The smallest absolute Gasteiger partial charge is 0.234 e. The molecule has 1 N–H and O–H groups in total. The fourth-order valence-electron chi connectivity index (χ4n) is 2.40. The van der Waals surface area contributed by atoms with E-state index in [0.29, 0.717) is 0 Å². The molecule has 28 heavy (non-hydrogen) atoms. The van der Waals surface area contributed by atoms with Gasteiger partial charge in [-0.05, 0) is 36.8 Å². The van der Waals surface area contributed by atoms with Crippen LogP contribution < -0.4 is 5.32 Å². The number of benzene rings is 2. The Balaban J connectivity index is 1.46. The third-order valence-corrected chi connectivity index (χ3v) is 6.28. The van der Waals surface area contributed by atoms with Crippen molar-refractivity contribution in [1.82, 2.24) is 14.8 Å². The molecule has 1 heterocycles. The molecule has 3 aromatic rings. The van der Waals surface area contributed by atoms with Gasteiger partial charge in [0.2, 0.25) is 5.91 Å². The Labute approximate surface area is 178 Å². The number of rotatable bonds is 8. The van der Waals surface area contributed by atoms with E-state index in [9.17, 15) is 4.79 Å². The van der Waals surface area contributed by atoms with Crippen molar-refractivity contribution in [2.24, 2.45) is 7.05 Å². The largest absolute Gasteiger partial charge is 0.325 e. The zero-order valence-electron chi connectivity index (χ0n) is 15.7. The van der Waals surface area contributed by atoms with Crippen LogP contribution in [0.25, 0.3) is 0 Å². The second-order valence-electron chi connectivity index (χ2n) is 6.28. The van der Waals surface area contributed by atoms with Crippen LogP contribution in [-0.4, -0.2) is 26.4 Å². The van der Waals surface area contributed by atoms with Gasteiger partial charge in [-0.2, -0.15) is 0 Å². The van der Waals surface area contributed by atoms with E-state index in [1.165, 1.54) is 17.3 Å². The first-order valence-electron chi connectivity index (χ1n) is 8.71. The molecule has 5 nitrogen and oxygen atoms in total. The lowest BCUT2D eigenvalue weighted by Crippen LogP contribution is -2.14. The lowest BCUT2D eigenvalue weighted by atomic mass is 10.2. The zero-order chi connectivity index (χ0) is 19.9. The number of anilines is 1. The Hall–Kier alpha value is -1.96. The molecule has 0 aliphatic rings. The molecule has 1 aromatic heterocycles. The first-order valence-corrected chi connectivity index (χ1v) is 11.2. The molecule has 1 amide bonds. The maximum atomic E-state index is 12.1. The summed E-state index contributed by atoms with van der Waals surface area (Å²) in [5.74, 6) is 2.75. The minimum absolute atomic E-state index is 0.0597. The van der Waals surface area contributed by atoms with E-state index in [0.717, 1.165) is 38.8 Å². The van der Waals surface area contributed by atoms with Crippen molar-refractivity contribution in [2.45, 2.75) is 23.6 Å². The summed E-state index contributed by atoms with van der Waals surface area (Å²) in [6, 6.07) is 15.6. The fourth-order valence-corrected chi connectivity index (χ4v) is 4.22. The number of thioether (sulfide) groups is 2. The van der Waals surface area contributed by atoms with Crippen LogP contribution in [-0.2, 0) is 23.3 Å². The van der Waals surface area contributed by atoms with Gasteiger partial charge in [0.25, 0.3) is 0 Å². The molecule has 146 valence electrons. The predicted molar refractivity (Wildman–Crippen MR) is 118 cm³/mol. The number of nitrogens with one attached hydrogen (secondary N) is 1. The van der Waals surface area contributed by atoms with Crippen LogP contribution in [0.3, 0.4) is 0 Å². The number of aromatic nitrogens is 3. The van der Waals surface area contributed by atoms with Crippen molar-refractivity contribution < 1.29 is 4.79 Å². The number of halogens is 1. The van der Waals surface area contributed by atoms with E-state index in [1.54, 1.807) is 11.8 Å². The topological polar surface area (TPSA) is 59.8 Å². The van der Waals surface area contributed by atoms with Gasteiger partial charge in [0.05, 0.1) is 11.5 Å². The van der Waals surface area contributed by atoms with E-state index in [1.807, 2.05) is 67.1 Å². The third kappa shape index (κ3) is 6.02. The highest BCUT2D eigenvalue weighted by Crippen LogP contribution is 2.21. The summed E-state index contributed by atoms with van der Waals surface area (Å²) in [6.07, 6.45) is 0. The van der Waals surface area contributed by atoms with Gasteiger partial charge < -0.3 is 9.88 Å². The predicted octanol–water partition coefficient (Wildman–Crippen LogP) is 4.94. The molecular formula is C20H21ClN4OS2. The second-order valence-corrected chi connectivity index (χ2v) is 8.64. The molecule has 0 unspecified atom stereocenters. The molecule has 0 bridgehead atoms. The molecule has 0 spiro atoms. The molecule has 0 atom stereocenters. The Morgan fingerprint density at radius 3 is 2.50 bits per heavy atom. The lowest BCUT2D eigenvalue weighted by molar-refractivity contribution is -0.113. The SMILES string of the molecule is Cc1ccc(NC(=O)CSc2nnc(CSCc3ccc(Cl)cc3)n2C)cc1. The van der Waals surface area contributed by atoms with Crippen LogP contribution in [0.5, 0.6) is 0 Å². The first-order chi connectivity index (χ1) is 13.5. The van der Waals surface area contributed by atoms with E-state index in [2.05, 4.69) is 15.5 Å². The second kappa shape index (κ2) is 10.0. The van der Waals surface area contributed by atoms with Crippen LogP contribution in [0.15, 0.2) is 53.7 Å². The van der Waals surface area contributed by atoms with E-state index in [-0.39, 0.29) is 11.7 Å². The third-order valence-electron chi connectivity index (χ3n) is 4.01. The summed E-state index contributed by atoms with van der Waals surface area (Å²) in [6.45, 7) is 2.01. The number of hydrogen-bond acceptors (Lipinski definition) is 5. The monoisotopic (exact) mass is 432 g/mol. The van der Waals surface area contributed by atoms with Crippen LogP contribution in [0, 0.1) is 6.92 Å². The molecule has 0 saturated carbocycles. The van der Waals surface area contributed by atoms with Gasteiger partial charge in [-0.3, -0.25) is 4.79 Å². The average molecular weight is 433 g/mol. The van der Waals surface area contributed by atoms with E-state index in [4.69, 9.17) is 11.6 Å². The first kappa shape index (κ1) is 20.8. The standard InChI is InChI=1S/C20H21ClN4OS2/c1-14-3-9-17(10-4-14)22-19(26)13-28-20-24-23-18(25(20)2)12-27-11-15-5-7-16(21)8-6-15/h3-10H,11-13H2,1-2H3,(H,22,26). The van der Waals surface area contributed by atoms with Crippen molar-refractivity contribution >= 4 is 46.7 Å². The molecule has 0 radical (unpaired) electrons. The molecule has 3 rings (SSSR count). The molecule has 0 aliphatic carbocycles. The summed E-state index contributed by atoms with van der Waals surface area (Å²) in [5, 5.41) is 12.8. The highest BCUT2D eigenvalue weighted by molar-refractivity contribution is 7.99. The Morgan fingerprint density at radius 1 is 1.07 bits per heavy atom. The summed E-state index contributed by atoms with van der Waals surface area (Å²) in [7, 11) is 1.93. The zero-order valence-corrected chi connectivity index (χ0v) is 18.1. The summed E-state index contributed by atoms with van der Waals surface area (Å²) < 4.78 is 1.94. The van der Waals surface area contributed by atoms with E-state index >= 15 is 0 Å². The summed E-state index contributed by atoms with van der Waals surface area (Å²) in [4.78, 5) is 12.1. The Kier molecular flexibility index (Phi) is 7.42. The van der Waals surface area contributed by atoms with E-state index < -0.39 is 0 Å². The van der Waals surface area contributed by atoms with Gasteiger partial charge in [0, 0.05) is 23.5 Å². The highest BCUT2D eigenvalue weighted by atomic mass is 35.5. The van der Waals surface area contributed by atoms with Crippen LogP contribution in [0.1, 0.15) is 17.0 Å². The molecule has 2 aromatic carbocycles. The van der Waals surface area contributed by atoms with Crippen molar-refractivity contribution in [3.8, 4) is 0 Å². The summed E-state index contributed by atoms with van der Waals surface area (Å²) >= 11 is 9.06. The fraction of sp³-hybridized carbons (Fsp3) is 0.250. The van der Waals surface area contributed by atoms with Crippen molar-refractivity contribution in [3.63, 3.8) is 0 Å². The van der Waals surface area contributed by atoms with Crippen molar-refractivity contribution in [3.05, 3.63) is 70.5 Å². The van der Waals surface area contributed by atoms with Gasteiger partial charge in [0.1, 0.15) is 5.82 Å². The highest BCUT2D eigenvalue weighted by Gasteiger charge is 2.12. The number of aryl methyl sites for hydroxylation is 1. The van der Waals surface area contributed by atoms with Gasteiger partial charge in [-0.1, -0.05) is 53.2 Å². The van der Waals surface area contributed by atoms with Crippen LogP contribution in [0.4, 0.5) is 5.69 Å². The molecule has 0 fully saturated rings. The maximum absolute atomic E-state index is 12.1. The van der Waals surface area contributed by atoms with Crippen molar-refractivity contribution in [1.29, 1.82) is 0 Å². The minimum atomic E-state index is -0.0597. The number of carbonyl (C=O) groups is 1. The van der Waals surface area contributed by atoms with Gasteiger partial charge in [0.15, 0.2) is 5.16 Å². The van der Waals surface area contributed by atoms with Gasteiger partial charge in [-0.25, -0.2) is 0 Å². The lowest BCUT2D eigenvalue weighted by Gasteiger charge is -2.06. The van der Waals surface area contributed by atoms with Crippen molar-refractivity contribution in [2.75, 3.05) is 11.1 Å². The number of amides is 1. The average Bonchev–Trinajstić information content (AvgIpc) is 3.03. The van der Waals surface area contributed by atoms with Crippen LogP contribution >= 0.6 is 35.1 Å². The Bertz CT molecular complexity index is 926. The van der Waals surface area contributed by atoms with Crippen LogP contribution in [0.2, 0.25) is 5.02 Å². The Morgan fingerprint density at radius 2 is 1.79 bits per heavy atom. The molecule has 0 aliphatic heterocycles. The van der Waals surface area contributed by atoms with Gasteiger partial charge in [-0.15, -0.1) is 22.0 Å². The summed E-state index contributed by atoms with van der Waals surface area (Å²) in [5.41, 5.74) is 3.18. The number of hydrogen-bond donors (Lipinski definition) is 1. The molecule has 0 saturated heterocycles. The van der Waals surface area contributed by atoms with Gasteiger partial charge >= 0.3 is 0 Å². The quantitative estimate of drug-likeness (QED) is 0.511. The maximum Gasteiger partial charge on any atom is 0.234 e. The number of nitrogens with zero attached hydrogens (tertiary/aromatic N) is 3. The molecule has 8 heteroatoms. The molecular weight excluding hydrogens is 412 g/mol. The number of carbonyl (C=O) groups excluding carboxylic acids is 1. The normalized spacial score (nSPS) is 10.8. The minimum Gasteiger partial charge on any atom is -0.325 e.